The van der Waals surface area contributed by atoms with Crippen LogP contribution in [-0.2, 0) is 0 Å². The van der Waals surface area contributed by atoms with Crippen molar-refractivity contribution in [2.45, 2.75) is 0 Å². The summed E-state index contributed by atoms with van der Waals surface area (Å²) in [6.45, 7) is 1.02. The Labute approximate surface area is 112 Å². The summed E-state index contributed by atoms with van der Waals surface area (Å²) in [6.07, 6.45) is 1.71. The predicted octanol–water partition coefficient (Wildman–Crippen LogP) is 2.17. The Morgan fingerprint density at radius 3 is 2.68 bits per heavy atom. The van der Waals surface area contributed by atoms with E-state index in [1.807, 2.05) is 36.4 Å². The van der Waals surface area contributed by atoms with Gasteiger partial charge in [-0.25, -0.2) is 4.98 Å². The summed E-state index contributed by atoms with van der Waals surface area (Å²) < 4.78 is 10.6. The summed E-state index contributed by atoms with van der Waals surface area (Å²) in [5.41, 5.74) is 6.29. The quantitative estimate of drug-likeness (QED) is 0.832. The number of ether oxygens (including phenoxy) is 2. The molecule has 0 aliphatic rings. The second-order valence-electron chi connectivity index (χ2n) is 3.84. The van der Waals surface area contributed by atoms with Crippen molar-refractivity contribution in [3.8, 4) is 11.5 Å². The lowest BCUT2D eigenvalue weighted by atomic mass is 10.3. The fourth-order valence-electron chi connectivity index (χ4n) is 1.60. The van der Waals surface area contributed by atoms with Crippen molar-refractivity contribution >= 4 is 11.5 Å². The number of nitrogens with zero attached hydrogens (tertiary/aromatic N) is 1. The maximum atomic E-state index is 5.41. The van der Waals surface area contributed by atoms with Gasteiger partial charge in [-0.3, -0.25) is 0 Å². The minimum Gasteiger partial charge on any atom is -0.493 e. The maximum Gasteiger partial charge on any atom is 0.173 e. The number of hydrogen-bond donors (Lipinski definition) is 2. The van der Waals surface area contributed by atoms with Gasteiger partial charge >= 0.3 is 0 Å². The van der Waals surface area contributed by atoms with Crippen molar-refractivity contribution in [2.24, 2.45) is 5.73 Å². The van der Waals surface area contributed by atoms with Crippen molar-refractivity contribution in [3.05, 3.63) is 42.6 Å². The highest BCUT2D eigenvalue weighted by Crippen LogP contribution is 2.25. The molecule has 5 nitrogen and oxygen atoms in total. The van der Waals surface area contributed by atoms with Gasteiger partial charge < -0.3 is 20.5 Å². The summed E-state index contributed by atoms with van der Waals surface area (Å²) in [6, 6.07) is 11.3. The molecule has 0 aliphatic heterocycles. The zero-order chi connectivity index (χ0) is 13.5. The highest BCUT2D eigenvalue weighted by atomic mass is 16.5. The molecule has 0 spiro atoms. The van der Waals surface area contributed by atoms with Gasteiger partial charge in [-0.1, -0.05) is 0 Å². The van der Waals surface area contributed by atoms with Gasteiger partial charge in [-0.2, -0.15) is 0 Å². The minimum atomic E-state index is 0.505. The van der Waals surface area contributed by atoms with Crippen LogP contribution in [0.4, 0.5) is 11.5 Å². The molecule has 2 aromatic rings. The van der Waals surface area contributed by atoms with Gasteiger partial charge in [0.15, 0.2) is 11.6 Å². The summed E-state index contributed by atoms with van der Waals surface area (Å²) in [5, 5.41) is 3.19. The first-order chi connectivity index (χ1) is 9.33. The molecule has 5 heteroatoms. The van der Waals surface area contributed by atoms with E-state index in [-0.39, 0.29) is 0 Å². The lowest BCUT2D eigenvalue weighted by Gasteiger charge is -2.10. The minimum absolute atomic E-state index is 0.505. The van der Waals surface area contributed by atoms with E-state index in [2.05, 4.69) is 10.3 Å². The lowest BCUT2D eigenvalue weighted by molar-refractivity contribution is 0.328. The van der Waals surface area contributed by atoms with Crippen LogP contribution in [0.2, 0.25) is 0 Å². The normalized spacial score (nSPS) is 10.0. The molecule has 100 valence electrons. The second kappa shape index (κ2) is 6.61. The van der Waals surface area contributed by atoms with E-state index in [4.69, 9.17) is 15.2 Å². The number of nitrogens with one attached hydrogen (secondary N) is 1. The third kappa shape index (κ3) is 3.59. The van der Waals surface area contributed by atoms with Crippen LogP contribution in [0.15, 0.2) is 42.6 Å². The topological polar surface area (TPSA) is 69.4 Å². The molecule has 3 N–H and O–H groups in total. The van der Waals surface area contributed by atoms with Crippen LogP contribution in [0.5, 0.6) is 11.5 Å². The van der Waals surface area contributed by atoms with Crippen LogP contribution in [-0.4, -0.2) is 25.2 Å². The Bertz CT molecular complexity index is 514. The van der Waals surface area contributed by atoms with Crippen molar-refractivity contribution in [3.63, 3.8) is 0 Å². The number of benzene rings is 1. The molecule has 0 fully saturated rings. The average Bonchev–Trinajstić information content (AvgIpc) is 2.47. The largest absolute Gasteiger partial charge is 0.493 e. The molecule has 0 unspecified atom stereocenters. The van der Waals surface area contributed by atoms with E-state index in [1.54, 1.807) is 13.3 Å². The Balaban J connectivity index is 2.06. The monoisotopic (exact) mass is 259 g/mol. The molecule has 0 bridgehead atoms. The molecule has 0 amide bonds. The van der Waals surface area contributed by atoms with Gasteiger partial charge in [-0.15, -0.1) is 0 Å². The highest BCUT2D eigenvalue weighted by molar-refractivity contribution is 5.62. The van der Waals surface area contributed by atoms with Gasteiger partial charge in [0.2, 0.25) is 0 Å². The van der Waals surface area contributed by atoms with E-state index >= 15 is 0 Å². The van der Waals surface area contributed by atoms with Gasteiger partial charge in [0.05, 0.1) is 7.11 Å². The number of hydrogen-bond acceptors (Lipinski definition) is 5. The Kier molecular flexibility index (Phi) is 4.58. The predicted molar refractivity (Wildman–Crippen MR) is 75.1 cm³/mol. The molecule has 0 saturated carbocycles. The molecule has 0 atom stereocenters. The third-order valence-corrected chi connectivity index (χ3v) is 2.49. The van der Waals surface area contributed by atoms with Crippen LogP contribution in [0.25, 0.3) is 0 Å². The summed E-state index contributed by atoms with van der Waals surface area (Å²) in [5.74, 6) is 2.18. The fourth-order valence-corrected chi connectivity index (χ4v) is 1.60. The zero-order valence-corrected chi connectivity index (χ0v) is 10.8. The molecule has 1 heterocycles. The van der Waals surface area contributed by atoms with Gasteiger partial charge in [0, 0.05) is 18.4 Å². The van der Waals surface area contributed by atoms with Crippen LogP contribution >= 0.6 is 0 Å². The van der Waals surface area contributed by atoms with Gasteiger partial charge in [-0.05, 0) is 36.4 Å². The number of anilines is 2. The molecular formula is C14H17N3O2. The molecular weight excluding hydrogens is 242 g/mol. The van der Waals surface area contributed by atoms with E-state index in [9.17, 15) is 0 Å². The zero-order valence-electron chi connectivity index (χ0n) is 10.8. The van der Waals surface area contributed by atoms with E-state index in [0.717, 1.165) is 11.4 Å². The van der Waals surface area contributed by atoms with Crippen molar-refractivity contribution in [1.82, 2.24) is 4.98 Å². The Morgan fingerprint density at radius 1 is 1.21 bits per heavy atom. The lowest BCUT2D eigenvalue weighted by Crippen LogP contribution is -2.10. The van der Waals surface area contributed by atoms with Crippen molar-refractivity contribution in [2.75, 3.05) is 25.6 Å². The van der Waals surface area contributed by atoms with Crippen molar-refractivity contribution in [1.29, 1.82) is 0 Å². The first kappa shape index (κ1) is 13.2. The molecule has 2 rings (SSSR count). The summed E-state index contributed by atoms with van der Waals surface area (Å²) >= 11 is 0. The van der Waals surface area contributed by atoms with Crippen LogP contribution in [0, 0.1) is 0 Å². The second-order valence-corrected chi connectivity index (χ2v) is 3.84. The van der Waals surface area contributed by atoms with Crippen LogP contribution in [0.3, 0.4) is 0 Å². The molecule has 0 radical (unpaired) electrons. The number of aromatic nitrogens is 1. The SMILES string of the molecule is COc1cccnc1Nc1ccc(OCCN)cc1. The van der Waals surface area contributed by atoms with E-state index in [1.165, 1.54) is 0 Å². The fraction of sp³-hybridized carbons (Fsp3) is 0.214. The molecule has 1 aromatic carbocycles. The molecule has 0 aliphatic carbocycles. The number of nitrogens with two attached hydrogens (primary N) is 1. The summed E-state index contributed by atoms with van der Waals surface area (Å²) in [4.78, 5) is 4.23. The number of pyridine rings is 1. The smallest absolute Gasteiger partial charge is 0.173 e. The highest BCUT2D eigenvalue weighted by Gasteiger charge is 2.03. The van der Waals surface area contributed by atoms with Gasteiger partial charge in [0.1, 0.15) is 12.4 Å². The van der Waals surface area contributed by atoms with Gasteiger partial charge in [0.25, 0.3) is 0 Å². The standard InChI is InChI=1S/C14H17N3O2/c1-18-13-3-2-9-16-14(13)17-11-4-6-12(7-5-11)19-10-8-15/h2-7,9H,8,10,15H2,1H3,(H,16,17). The number of rotatable bonds is 6. The summed E-state index contributed by atoms with van der Waals surface area (Å²) in [7, 11) is 1.62. The van der Waals surface area contributed by atoms with Crippen LogP contribution < -0.4 is 20.5 Å². The van der Waals surface area contributed by atoms with E-state index < -0.39 is 0 Å². The first-order valence-electron chi connectivity index (χ1n) is 6.02. The molecule has 1 aromatic heterocycles. The molecule has 19 heavy (non-hydrogen) atoms. The van der Waals surface area contributed by atoms with Crippen LogP contribution in [0.1, 0.15) is 0 Å². The Hall–Kier alpha value is -2.27. The van der Waals surface area contributed by atoms with E-state index in [0.29, 0.717) is 24.7 Å². The average molecular weight is 259 g/mol. The third-order valence-electron chi connectivity index (χ3n) is 2.49. The Morgan fingerprint density at radius 2 is 2.00 bits per heavy atom. The maximum absolute atomic E-state index is 5.41. The molecule has 0 saturated heterocycles. The van der Waals surface area contributed by atoms with Crippen molar-refractivity contribution < 1.29 is 9.47 Å². The number of methoxy groups -OCH3 is 1. The first-order valence-corrected chi connectivity index (χ1v) is 6.02.